The number of hydrogen-bond acceptors (Lipinski definition) is 8. The van der Waals surface area contributed by atoms with Crippen LogP contribution in [0.25, 0.3) is 27.8 Å². The lowest BCUT2D eigenvalue weighted by molar-refractivity contribution is 0.0933. The molecule has 2 unspecified atom stereocenters. The van der Waals surface area contributed by atoms with Gasteiger partial charge in [-0.1, -0.05) is 30.2 Å². The van der Waals surface area contributed by atoms with Gasteiger partial charge in [-0.25, -0.2) is 15.0 Å². The van der Waals surface area contributed by atoms with Crippen LogP contribution in [0.5, 0.6) is 5.75 Å². The van der Waals surface area contributed by atoms with Crippen LogP contribution in [0, 0.1) is 11.8 Å². The van der Waals surface area contributed by atoms with Crippen molar-refractivity contribution in [3.8, 4) is 34.5 Å². The number of nitrogen functional groups attached to an aromatic ring is 1. The van der Waals surface area contributed by atoms with Crippen LogP contribution in [-0.4, -0.2) is 39.3 Å². The van der Waals surface area contributed by atoms with Gasteiger partial charge in [0.1, 0.15) is 21.4 Å². The van der Waals surface area contributed by atoms with Crippen molar-refractivity contribution in [1.82, 2.24) is 34.6 Å². The van der Waals surface area contributed by atoms with Gasteiger partial charge >= 0.3 is 0 Å². The molecule has 6 rings (SSSR count). The van der Waals surface area contributed by atoms with Crippen molar-refractivity contribution in [2.45, 2.75) is 24.0 Å². The molecule has 2 atom stereocenters. The number of para-hydroxylation sites is 1. The number of aromatic nitrogens is 6. The summed E-state index contributed by atoms with van der Waals surface area (Å²) in [5.74, 6) is 6.56. The van der Waals surface area contributed by atoms with Crippen molar-refractivity contribution in [2.75, 3.05) is 5.73 Å². The van der Waals surface area contributed by atoms with Crippen LogP contribution >= 0.6 is 22.6 Å². The summed E-state index contributed by atoms with van der Waals surface area (Å²) in [6.07, 6.45) is 3.31. The molecule has 0 radical (unpaired) electrons. The van der Waals surface area contributed by atoms with Crippen molar-refractivity contribution in [3.05, 3.63) is 124 Å². The van der Waals surface area contributed by atoms with Crippen molar-refractivity contribution in [2.24, 2.45) is 7.05 Å². The Bertz CT molecular complexity index is 2220. The maximum Gasteiger partial charge on any atom is 0.274 e. The van der Waals surface area contributed by atoms with E-state index in [-0.39, 0.29) is 21.2 Å². The largest absolute Gasteiger partial charge is 0.480 e. The molecule has 0 saturated carbocycles. The molecule has 0 spiro atoms. The van der Waals surface area contributed by atoms with E-state index in [2.05, 4.69) is 54.8 Å². The maximum absolute atomic E-state index is 14.3. The Morgan fingerprint density at radius 1 is 0.979 bits per heavy atom. The van der Waals surface area contributed by atoms with Gasteiger partial charge < -0.3 is 15.8 Å². The number of carbonyl (C=O) groups excluding carboxylic acids is 1. The summed E-state index contributed by atoms with van der Waals surface area (Å²) < 4.78 is 8.87. The summed E-state index contributed by atoms with van der Waals surface area (Å²) in [6.45, 7) is 3.69. The number of nitrogens with two attached hydrogens (primary N) is 1. The number of carbonyl (C=O) groups is 1. The zero-order valence-corrected chi connectivity index (χ0v) is 27.8. The molecule has 6 aromatic rings. The number of rotatable bonds is 7. The molecule has 3 N–H and O–H groups in total. The molecule has 0 aliphatic heterocycles. The van der Waals surface area contributed by atoms with Crippen LogP contribution in [0.15, 0.2) is 96.1 Å². The van der Waals surface area contributed by atoms with Gasteiger partial charge in [-0.05, 0) is 97.0 Å². The van der Waals surface area contributed by atoms with E-state index in [1.54, 1.807) is 54.2 Å². The second-order valence-electron chi connectivity index (χ2n) is 10.6. The molecule has 3 heterocycles. The molecule has 0 fully saturated rings. The van der Waals surface area contributed by atoms with Crippen molar-refractivity contribution < 1.29 is 9.53 Å². The van der Waals surface area contributed by atoms with Crippen LogP contribution in [0.3, 0.4) is 0 Å². The highest BCUT2D eigenvalue weighted by Gasteiger charge is 2.23. The van der Waals surface area contributed by atoms with Gasteiger partial charge in [0.15, 0.2) is 11.5 Å². The first-order valence-corrected chi connectivity index (χ1v) is 15.9. The molecule has 0 bridgehead atoms. The molecule has 0 saturated heterocycles. The number of fused-ring (bicyclic) bond motifs is 1. The quantitative estimate of drug-likeness (QED) is 0.129. The molecule has 11 nitrogen and oxygen atoms in total. The number of anilines is 1. The van der Waals surface area contributed by atoms with Gasteiger partial charge in [0, 0.05) is 24.4 Å². The number of halogens is 1. The third-order valence-corrected chi connectivity index (χ3v) is 7.43. The minimum Gasteiger partial charge on any atom is -0.480 e. The Balaban J connectivity index is 1.37. The van der Waals surface area contributed by atoms with Crippen molar-refractivity contribution in [1.29, 1.82) is 0 Å². The SMILES string of the molecule is CC(I)Oc1ccc(-c2cnc(N)c(C(=O)NC(C)c3nc4cccc(C#Cc5ccn(C)n5)c4c(=O)n3-c3ccccc3)n2)cc1. The highest BCUT2D eigenvalue weighted by atomic mass is 127. The lowest BCUT2D eigenvalue weighted by atomic mass is 10.1. The number of alkyl halides is 1. The van der Waals surface area contributed by atoms with E-state index in [1.165, 1.54) is 10.8 Å². The zero-order valence-electron chi connectivity index (χ0n) is 25.7. The van der Waals surface area contributed by atoms with E-state index in [0.717, 1.165) is 5.56 Å². The number of ether oxygens (including phenoxy) is 1. The van der Waals surface area contributed by atoms with E-state index in [4.69, 9.17) is 15.5 Å². The van der Waals surface area contributed by atoms with Crippen LogP contribution in [-0.2, 0) is 7.05 Å². The third kappa shape index (κ3) is 6.85. The Hall–Kier alpha value is -5.55. The van der Waals surface area contributed by atoms with E-state index < -0.39 is 11.9 Å². The summed E-state index contributed by atoms with van der Waals surface area (Å²) in [6, 6.07) is 22.8. The van der Waals surface area contributed by atoms with Crippen molar-refractivity contribution in [3.63, 3.8) is 0 Å². The summed E-state index contributed by atoms with van der Waals surface area (Å²) >= 11 is 2.18. The number of benzene rings is 3. The molecule has 3 aromatic carbocycles. The molecule has 3 aromatic heterocycles. The van der Waals surface area contributed by atoms with Crippen LogP contribution in [0.4, 0.5) is 5.82 Å². The second-order valence-corrected chi connectivity index (χ2v) is 12.4. The number of amides is 1. The van der Waals surface area contributed by atoms with Gasteiger partial charge in [0.05, 0.1) is 34.5 Å². The third-order valence-electron chi connectivity index (χ3n) is 7.18. The minimum absolute atomic E-state index is 0.00956. The van der Waals surface area contributed by atoms with E-state index in [0.29, 0.717) is 45.1 Å². The van der Waals surface area contributed by atoms with Gasteiger partial charge in [-0.15, -0.1) is 0 Å². The molecular formula is C35H29IN8O3. The van der Waals surface area contributed by atoms with Gasteiger partial charge in [-0.3, -0.25) is 18.8 Å². The number of nitrogens with zero attached hydrogens (tertiary/aromatic N) is 6. The van der Waals surface area contributed by atoms with E-state index in [9.17, 15) is 9.59 Å². The first-order valence-electron chi connectivity index (χ1n) is 14.6. The number of aryl methyl sites for hydroxylation is 1. The fourth-order valence-electron chi connectivity index (χ4n) is 5.01. The fourth-order valence-corrected chi connectivity index (χ4v) is 5.30. The fraction of sp³-hybridized carbons (Fsp3) is 0.143. The van der Waals surface area contributed by atoms with Gasteiger partial charge in [0.2, 0.25) is 0 Å². The monoisotopic (exact) mass is 736 g/mol. The summed E-state index contributed by atoms with van der Waals surface area (Å²) in [5, 5.41) is 7.59. The average molecular weight is 737 g/mol. The predicted octanol–water partition coefficient (Wildman–Crippen LogP) is 5.21. The molecule has 12 heteroatoms. The highest BCUT2D eigenvalue weighted by Crippen LogP contribution is 2.24. The highest BCUT2D eigenvalue weighted by molar-refractivity contribution is 14.1. The first kappa shape index (κ1) is 31.4. The van der Waals surface area contributed by atoms with Gasteiger partial charge in [0.25, 0.3) is 11.5 Å². The van der Waals surface area contributed by atoms with E-state index in [1.807, 2.05) is 56.4 Å². The Morgan fingerprint density at radius 3 is 2.45 bits per heavy atom. The topological polar surface area (TPSA) is 143 Å². The lowest BCUT2D eigenvalue weighted by Crippen LogP contribution is -2.34. The normalized spacial score (nSPS) is 12.2. The van der Waals surface area contributed by atoms with Crippen molar-refractivity contribution >= 4 is 45.2 Å². The molecule has 234 valence electrons. The standard InChI is InChI=1S/C35H29IN8O3/c1-21(39-34(45)31-32(37)38-20-29(40-31)23-13-16-27(17-14-23)47-22(2)36)33-41-28-11-7-8-24(12-15-25-18-19-43(3)42-25)30(28)35(46)44(33)26-9-5-4-6-10-26/h4-11,13-14,16-22H,1-3H3,(H2,37,38)(H,39,45). The molecular weight excluding hydrogens is 707 g/mol. The summed E-state index contributed by atoms with van der Waals surface area (Å²) in [4.78, 5) is 41.5. The average Bonchev–Trinajstić information content (AvgIpc) is 3.49. The number of nitrogens with one attached hydrogen (secondary N) is 1. The van der Waals surface area contributed by atoms with Crippen LogP contribution < -0.4 is 21.3 Å². The molecule has 0 aliphatic carbocycles. The molecule has 1 amide bonds. The van der Waals surface area contributed by atoms with E-state index >= 15 is 0 Å². The summed E-state index contributed by atoms with van der Waals surface area (Å²) in [5.41, 5.74) is 9.09. The van der Waals surface area contributed by atoms with Crippen LogP contribution in [0.2, 0.25) is 0 Å². The second kappa shape index (κ2) is 13.4. The minimum atomic E-state index is -0.736. The summed E-state index contributed by atoms with van der Waals surface area (Å²) in [7, 11) is 1.81. The zero-order chi connectivity index (χ0) is 33.1. The Morgan fingerprint density at radius 2 is 1.74 bits per heavy atom. The molecule has 0 aliphatic rings. The maximum atomic E-state index is 14.3. The Labute approximate surface area is 284 Å². The predicted molar refractivity (Wildman–Crippen MR) is 188 cm³/mol. The molecule has 47 heavy (non-hydrogen) atoms. The lowest BCUT2D eigenvalue weighted by Gasteiger charge is -2.20. The van der Waals surface area contributed by atoms with Gasteiger partial charge in [-0.2, -0.15) is 5.10 Å². The smallest absolute Gasteiger partial charge is 0.274 e. The van der Waals surface area contributed by atoms with Crippen LogP contribution in [0.1, 0.15) is 47.5 Å². The Kier molecular flexibility index (Phi) is 8.99. The number of hydrogen-bond donors (Lipinski definition) is 2. The first-order chi connectivity index (χ1) is 22.7.